The molecule has 8 nitrogen and oxygen atoms in total. The van der Waals surface area contributed by atoms with Crippen molar-refractivity contribution >= 4 is 34.8 Å². The number of nitrogens with one attached hydrogen (secondary N) is 2. The second-order valence-corrected chi connectivity index (χ2v) is 9.69. The number of methoxy groups -OCH3 is 1. The Labute approximate surface area is 239 Å². The van der Waals surface area contributed by atoms with Gasteiger partial charge in [-0.05, 0) is 61.8 Å². The molecule has 3 amide bonds. The molecule has 2 aliphatic rings. The zero-order chi connectivity index (χ0) is 29.4. The summed E-state index contributed by atoms with van der Waals surface area (Å²) >= 11 is 5.96. The molecule has 0 saturated carbocycles. The number of quaternary nitrogens is 1. The van der Waals surface area contributed by atoms with Gasteiger partial charge in [-0.1, -0.05) is 66.8 Å². The first kappa shape index (κ1) is 30.1. The van der Waals surface area contributed by atoms with Crippen molar-refractivity contribution in [3.63, 3.8) is 0 Å². The lowest BCUT2D eigenvalue weighted by Gasteiger charge is -2.05. The lowest BCUT2D eigenvalue weighted by Crippen LogP contribution is -2.63. The number of ether oxygens (including phenoxy) is 1. The van der Waals surface area contributed by atoms with Gasteiger partial charge in [0.25, 0.3) is 5.91 Å². The van der Waals surface area contributed by atoms with Crippen LogP contribution in [0, 0.1) is 11.8 Å². The van der Waals surface area contributed by atoms with E-state index in [0.29, 0.717) is 11.1 Å². The van der Waals surface area contributed by atoms with E-state index in [1.165, 1.54) is 5.56 Å². The standard InChI is InChI=1S/C21H21ClN2O3.C10H12N2O/c1-4-13(2)12-15(10-11-18-20(26)24-21(27)23-18)9-8-14(3)16-6-5-7-17(22)19(16)25;1-7-10-5-9(13-2)4-3-8(10)6-12(7)11/h5-9,12,18,25H,4H2,1-3H3,(H2,23,24,26,27);3-5H,1,6,11H2,2H3/p+1/b13-12+,14-8+,15-9-;. The Hall–Kier alpha value is -4.45. The normalized spacial score (nSPS) is 16.9. The Morgan fingerprint density at radius 1 is 1.27 bits per heavy atom. The van der Waals surface area contributed by atoms with Gasteiger partial charge in [-0.3, -0.25) is 16.0 Å². The summed E-state index contributed by atoms with van der Waals surface area (Å²) in [7, 11) is 1.67. The third kappa shape index (κ3) is 7.56. The Kier molecular flexibility index (Phi) is 10.2. The number of imide groups is 1. The summed E-state index contributed by atoms with van der Waals surface area (Å²) < 4.78 is 5.14. The molecule has 9 heteroatoms. The van der Waals surface area contributed by atoms with Gasteiger partial charge in [0.05, 0.1) is 24.4 Å². The Morgan fingerprint density at radius 3 is 2.67 bits per heavy atom. The van der Waals surface area contributed by atoms with Crippen LogP contribution in [0.5, 0.6) is 11.5 Å². The van der Waals surface area contributed by atoms with Crippen molar-refractivity contribution < 1.29 is 25.3 Å². The highest BCUT2D eigenvalue weighted by Crippen LogP contribution is 2.32. The molecule has 2 heterocycles. The summed E-state index contributed by atoms with van der Waals surface area (Å²) in [4.78, 5) is 22.8. The van der Waals surface area contributed by atoms with Gasteiger partial charge in [-0.25, -0.2) is 9.80 Å². The summed E-state index contributed by atoms with van der Waals surface area (Å²) in [5.41, 5.74) is 6.62. The minimum absolute atomic E-state index is 0.0274. The van der Waals surface area contributed by atoms with Crippen LogP contribution in [0.15, 0.2) is 72.4 Å². The van der Waals surface area contributed by atoms with Crippen molar-refractivity contribution in [1.82, 2.24) is 15.6 Å². The zero-order valence-corrected chi connectivity index (χ0v) is 23.9. The Bertz CT molecular complexity index is 1480. The summed E-state index contributed by atoms with van der Waals surface area (Å²) in [6.45, 7) is 10.7. The van der Waals surface area contributed by atoms with E-state index in [1.54, 1.807) is 31.4 Å². The van der Waals surface area contributed by atoms with Crippen LogP contribution in [-0.2, 0) is 11.3 Å². The van der Waals surface area contributed by atoms with Crippen LogP contribution in [0.1, 0.15) is 43.9 Å². The van der Waals surface area contributed by atoms with Crippen molar-refractivity contribution in [2.75, 3.05) is 7.11 Å². The number of phenolic OH excluding ortho intramolecular Hbond substituents is 1. The number of benzene rings is 2. The first-order valence-corrected chi connectivity index (χ1v) is 13.0. The number of rotatable bonds is 5. The van der Waals surface area contributed by atoms with Gasteiger partial charge in [0.2, 0.25) is 0 Å². The van der Waals surface area contributed by atoms with Crippen molar-refractivity contribution in [1.29, 1.82) is 0 Å². The number of urea groups is 1. The van der Waals surface area contributed by atoms with Crippen LogP contribution in [-0.4, -0.2) is 35.2 Å². The van der Waals surface area contributed by atoms with E-state index in [4.69, 9.17) is 16.3 Å². The van der Waals surface area contributed by atoms with Gasteiger partial charge < -0.3 is 15.2 Å². The van der Waals surface area contributed by atoms with Crippen LogP contribution >= 0.6 is 11.6 Å². The smallest absolute Gasteiger partial charge is 0.322 e. The molecular weight excluding hydrogens is 528 g/mol. The highest BCUT2D eigenvalue weighted by atomic mass is 35.5. The SMILES string of the molecule is C=C1c2cc(OC)ccc2CN1[NH3+].CC/C(C)=C/C(C#CC1NC(=O)NC1=O)=C\C=C(/C)c1cccc(Cl)c1O. The molecule has 0 bridgehead atoms. The molecule has 1 atom stereocenters. The summed E-state index contributed by atoms with van der Waals surface area (Å²) in [6.07, 6.45) is 6.40. The topological polar surface area (TPSA) is 119 Å². The molecule has 2 aromatic carbocycles. The monoisotopic (exact) mass is 561 g/mol. The number of nitrogens with zero attached hydrogens (tertiary/aromatic N) is 1. The van der Waals surface area contributed by atoms with Crippen molar-refractivity contribution in [2.24, 2.45) is 0 Å². The maximum Gasteiger partial charge on any atom is 0.322 e. The second-order valence-electron chi connectivity index (χ2n) is 9.28. The minimum atomic E-state index is -0.863. The number of fused-ring (bicyclic) bond motifs is 1. The third-order valence-corrected chi connectivity index (χ3v) is 6.70. The number of hydrogen-bond acceptors (Lipinski definition) is 5. The molecule has 0 spiro atoms. The van der Waals surface area contributed by atoms with Crippen molar-refractivity contribution in [2.45, 2.75) is 39.8 Å². The predicted octanol–water partition coefficient (Wildman–Crippen LogP) is 4.58. The number of amides is 3. The molecule has 208 valence electrons. The average Bonchev–Trinajstić information content (AvgIpc) is 3.42. The molecule has 1 fully saturated rings. The number of phenols is 1. The largest absolute Gasteiger partial charge is 0.506 e. The molecule has 6 N–H and O–H groups in total. The van der Waals surface area contributed by atoms with E-state index in [1.807, 2.05) is 50.1 Å². The number of allylic oxidation sites excluding steroid dienone is 6. The van der Waals surface area contributed by atoms with Gasteiger partial charge in [0.15, 0.2) is 6.04 Å². The Morgan fingerprint density at radius 2 is 2.02 bits per heavy atom. The fourth-order valence-electron chi connectivity index (χ4n) is 3.87. The van der Waals surface area contributed by atoms with E-state index in [-0.39, 0.29) is 10.8 Å². The van der Waals surface area contributed by atoms with Gasteiger partial charge >= 0.3 is 6.03 Å². The molecular formula is C31H34ClN4O4+. The number of hydrogen-bond donors (Lipinski definition) is 4. The molecule has 0 aliphatic carbocycles. The minimum Gasteiger partial charge on any atom is -0.506 e. The van der Waals surface area contributed by atoms with Crippen LogP contribution in [0.25, 0.3) is 11.3 Å². The first-order chi connectivity index (χ1) is 19.0. The number of aromatic hydroxyl groups is 1. The number of halogens is 1. The highest BCUT2D eigenvalue weighted by Gasteiger charge is 2.27. The molecule has 2 aliphatic heterocycles. The van der Waals surface area contributed by atoms with E-state index in [0.717, 1.165) is 41.1 Å². The summed E-state index contributed by atoms with van der Waals surface area (Å²) in [5.74, 6) is 10.0. The third-order valence-electron chi connectivity index (χ3n) is 6.39. The molecule has 0 radical (unpaired) electrons. The first-order valence-electron chi connectivity index (χ1n) is 12.6. The molecule has 4 rings (SSSR count). The van der Waals surface area contributed by atoms with Crippen LogP contribution in [0.3, 0.4) is 0 Å². The quantitative estimate of drug-likeness (QED) is 0.242. The molecule has 1 saturated heterocycles. The maximum atomic E-state index is 11.6. The van der Waals surface area contributed by atoms with E-state index in [2.05, 4.69) is 41.0 Å². The summed E-state index contributed by atoms with van der Waals surface area (Å²) in [6, 6.07) is 9.78. The van der Waals surface area contributed by atoms with E-state index in [9.17, 15) is 14.7 Å². The number of para-hydroxylation sites is 1. The fourth-order valence-corrected chi connectivity index (χ4v) is 4.04. The predicted molar refractivity (Wildman–Crippen MR) is 158 cm³/mol. The second kappa shape index (κ2) is 13.6. The van der Waals surface area contributed by atoms with Crippen LogP contribution in [0.4, 0.5) is 4.79 Å². The molecule has 0 aromatic heterocycles. The molecule has 40 heavy (non-hydrogen) atoms. The van der Waals surface area contributed by atoms with Gasteiger partial charge in [-0.2, -0.15) is 0 Å². The van der Waals surface area contributed by atoms with Crippen LogP contribution < -0.4 is 21.2 Å². The molecule has 1 unspecified atom stereocenters. The summed E-state index contributed by atoms with van der Waals surface area (Å²) in [5, 5.41) is 16.9. The molecule has 2 aromatic rings. The number of carbonyl (C=O) groups is 2. The van der Waals surface area contributed by atoms with Gasteiger partial charge in [0.1, 0.15) is 11.5 Å². The highest BCUT2D eigenvalue weighted by molar-refractivity contribution is 6.32. The maximum absolute atomic E-state index is 11.6. The number of carbonyl (C=O) groups excluding carboxylic acids is 2. The lowest BCUT2D eigenvalue weighted by atomic mass is 10.0. The van der Waals surface area contributed by atoms with Gasteiger partial charge in [-0.15, -0.1) is 0 Å². The van der Waals surface area contributed by atoms with E-state index < -0.39 is 18.0 Å². The van der Waals surface area contributed by atoms with Crippen molar-refractivity contribution in [3.8, 4) is 23.3 Å². The average molecular weight is 562 g/mol. The Balaban J connectivity index is 0.000000281. The van der Waals surface area contributed by atoms with Crippen LogP contribution in [0.2, 0.25) is 5.02 Å². The van der Waals surface area contributed by atoms with E-state index >= 15 is 0 Å². The van der Waals surface area contributed by atoms with Crippen molar-refractivity contribution in [3.05, 3.63) is 94.1 Å². The van der Waals surface area contributed by atoms with Gasteiger partial charge in [0, 0.05) is 16.7 Å². The lowest BCUT2D eigenvalue weighted by molar-refractivity contribution is -0.551. The fraction of sp³-hybridized carbons (Fsp3) is 0.226. The zero-order valence-electron chi connectivity index (χ0n) is 23.1.